The monoisotopic (exact) mass is 235 g/mol. The summed E-state index contributed by atoms with van der Waals surface area (Å²) in [6, 6.07) is 0.681. The van der Waals surface area contributed by atoms with Crippen molar-refractivity contribution in [3.05, 3.63) is 18.2 Å². The molecule has 96 valence electrons. The molecule has 1 aromatic heterocycles. The van der Waals surface area contributed by atoms with Crippen LogP contribution < -0.4 is 5.32 Å². The van der Waals surface area contributed by atoms with E-state index in [1.54, 1.807) is 0 Å². The predicted molar refractivity (Wildman–Crippen MR) is 71.0 cm³/mol. The Kier molecular flexibility index (Phi) is 3.87. The maximum atomic E-state index is 4.25. The van der Waals surface area contributed by atoms with Crippen molar-refractivity contribution < 1.29 is 0 Å². The highest BCUT2D eigenvalue weighted by Gasteiger charge is 2.31. The van der Waals surface area contributed by atoms with Gasteiger partial charge in [-0.2, -0.15) is 0 Å². The molecule has 2 rings (SSSR count). The Morgan fingerprint density at radius 2 is 2.29 bits per heavy atom. The summed E-state index contributed by atoms with van der Waals surface area (Å²) in [6.45, 7) is 8.92. The summed E-state index contributed by atoms with van der Waals surface area (Å²) in [4.78, 5) is 4.25. The first kappa shape index (κ1) is 12.6. The van der Waals surface area contributed by atoms with Crippen LogP contribution in [0.1, 0.15) is 45.4 Å². The van der Waals surface area contributed by atoms with Crippen LogP contribution >= 0.6 is 0 Å². The SMILES string of the molecule is Cc1nccn1CCNC1CCCCC1(C)C. The second-order valence-corrected chi connectivity index (χ2v) is 5.91. The Morgan fingerprint density at radius 3 is 2.94 bits per heavy atom. The van der Waals surface area contributed by atoms with Crippen molar-refractivity contribution in [1.82, 2.24) is 14.9 Å². The molecule has 0 aromatic carbocycles. The fraction of sp³-hybridized carbons (Fsp3) is 0.786. The standard InChI is InChI=1S/C14H25N3/c1-12-15-8-10-17(12)11-9-16-13-6-4-5-7-14(13,2)3/h8,10,13,16H,4-7,9,11H2,1-3H3. The van der Waals surface area contributed by atoms with Crippen molar-refractivity contribution in [2.24, 2.45) is 5.41 Å². The van der Waals surface area contributed by atoms with Crippen molar-refractivity contribution in [3.63, 3.8) is 0 Å². The van der Waals surface area contributed by atoms with Crippen LogP contribution in [0.2, 0.25) is 0 Å². The van der Waals surface area contributed by atoms with Crippen LogP contribution in [0.25, 0.3) is 0 Å². The maximum absolute atomic E-state index is 4.25. The van der Waals surface area contributed by atoms with Crippen LogP contribution in [0.3, 0.4) is 0 Å². The maximum Gasteiger partial charge on any atom is 0.105 e. The first-order valence-corrected chi connectivity index (χ1v) is 6.81. The molecule has 1 unspecified atom stereocenters. The summed E-state index contributed by atoms with van der Waals surface area (Å²) in [5.41, 5.74) is 0.461. The molecule has 0 spiro atoms. The van der Waals surface area contributed by atoms with E-state index in [1.165, 1.54) is 25.7 Å². The molecule has 0 amide bonds. The molecule has 1 fully saturated rings. The quantitative estimate of drug-likeness (QED) is 0.869. The van der Waals surface area contributed by atoms with Gasteiger partial charge in [-0.05, 0) is 25.2 Å². The summed E-state index contributed by atoms with van der Waals surface area (Å²) >= 11 is 0. The second kappa shape index (κ2) is 5.21. The predicted octanol–water partition coefficient (Wildman–Crippen LogP) is 2.75. The number of rotatable bonds is 4. The van der Waals surface area contributed by atoms with Gasteiger partial charge in [-0.3, -0.25) is 0 Å². The summed E-state index contributed by atoms with van der Waals surface area (Å²) in [5, 5.41) is 3.73. The van der Waals surface area contributed by atoms with Gasteiger partial charge in [-0.15, -0.1) is 0 Å². The Hall–Kier alpha value is -0.830. The molecule has 17 heavy (non-hydrogen) atoms. The Morgan fingerprint density at radius 1 is 1.47 bits per heavy atom. The van der Waals surface area contributed by atoms with E-state index in [9.17, 15) is 0 Å². The molecule has 0 saturated heterocycles. The molecule has 3 nitrogen and oxygen atoms in total. The van der Waals surface area contributed by atoms with Gasteiger partial charge in [-0.25, -0.2) is 4.98 Å². The minimum absolute atomic E-state index is 0.461. The average molecular weight is 235 g/mol. The number of hydrogen-bond acceptors (Lipinski definition) is 2. The summed E-state index contributed by atoms with van der Waals surface area (Å²) in [6.07, 6.45) is 9.39. The molecular weight excluding hydrogens is 210 g/mol. The molecule has 1 saturated carbocycles. The number of aryl methyl sites for hydroxylation is 1. The average Bonchev–Trinajstić information content (AvgIpc) is 2.67. The molecular formula is C14H25N3. The van der Waals surface area contributed by atoms with E-state index >= 15 is 0 Å². The Bertz CT molecular complexity index is 354. The Labute approximate surface area is 105 Å². The van der Waals surface area contributed by atoms with Crippen molar-refractivity contribution in [1.29, 1.82) is 0 Å². The lowest BCUT2D eigenvalue weighted by molar-refractivity contribution is 0.167. The van der Waals surface area contributed by atoms with Gasteiger partial charge in [0, 0.05) is 31.5 Å². The van der Waals surface area contributed by atoms with Gasteiger partial charge in [0.1, 0.15) is 5.82 Å². The largest absolute Gasteiger partial charge is 0.334 e. The van der Waals surface area contributed by atoms with Crippen LogP contribution in [-0.4, -0.2) is 22.1 Å². The van der Waals surface area contributed by atoms with Crippen LogP contribution in [0.15, 0.2) is 12.4 Å². The van der Waals surface area contributed by atoms with Gasteiger partial charge in [0.05, 0.1) is 0 Å². The highest BCUT2D eigenvalue weighted by molar-refractivity contribution is 4.90. The van der Waals surface area contributed by atoms with Gasteiger partial charge in [0.2, 0.25) is 0 Å². The molecule has 3 heteroatoms. The zero-order valence-corrected chi connectivity index (χ0v) is 11.4. The lowest BCUT2D eigenvalue weighted by Crippen LogP contribution is -2.45. The number of hydrogen-bond donors (Lipinski definition) is 1. The van der Waals surface area contributed by atoms with Crippen molar-refractivity contribution in [2.75, 3.05) is 6.54 Å². The molecule has 1 N–H and O–H groups in total. The summed E-state index contributed by atoms with van der Waals surface area (Å²) in [7, 11) is 0. The van der Waals surface area contributed by atoms with Crippen LogP contribution in [0, 0.1) is 12.3 Å². The zero-order chi connectivity index (χ0) is 12.3. The number of aromatic nitrogens is 2. The third kappa shape index (κ3) is 3.09. The minimum Gasteiger partial charge on any atom is -0.334 e. The van der Waals surface area contributed by atoms with E-state index in [-0.39, 0.29) is 0 Å². The van der Waals surface area contributed by atoms with E-state index in [2.05, 4.69) is 41.8 Å². The van der Waals surface area contributed by atoms with Crippen LogP contribution in [0.4, 0.5) is 0 Å². The summed E-state index contributed by atoms with van der Waals surface area (Å²) in [5.74, 6) is 1.11. The molecule has 1 aromatic rings. The van der Waals surface area contributed by atoms with E-state index in [0.29, 0.717) is 11.5 Å². The van der Waals surface area contributed by atoms with Gasteiger partial charge in [-0.1, -0.05) is 26.7 Å². The fourth-order valence-electron chi connectivity index (χ4n) is 2.87. The van der Waals surface area contributed by atoms with Crippen LogP contribution in [0.5, 0.6) is 0 Å². The second-order valence-electron chi connectivity index (χ2n) is 5.91. The third-order valence-corrected chi connectivity index (χ3v) is 4.17. The molecule has 1 aliphatic carbocycles. The lowest BCUT2D eigenvalue weighted by atomic mass is 9.73. The van der Waals surface area contributed by atoms with Crippen molar-refractivity contribution >= 4 is 0 Å². The number of imidazole rings is 1. The lowest BCUT2D eigenvalue weighted by Gasteiger charge is -2.39. The van der Waals surface area contributed by atoms with E-state index in [1.807, 2.05) is 6.20 Å². The van der Waals surface area contributed by atoms with Crippen LogP contribution in [-0.2, 0) is 6.54 Å². The zero-order valence-electron chi connectivity index (χ0n) is 11.4. The van der Waals surface area contributed by atoms with Gasteiger partial charge >= 0.3 is 0 Å². The van der Waals surface area contributed by atoms with E-state index in [4.69, 9.17) is 0 Å². The first-order chi connectivity index (χ1) is 8.09. The highest BCUT2D eigenvalue weighted by Crippen LogP contribution is 2.35. The first-order valence-electron chi connectivity index (χ1n) is 6.81. The normalized spacial score (nSPS) is 23.8. The molecule has 0 bridgehead atoms. The van der Waals surface area contributed by atoms with Crippen molar-refractivity contribution in [3.8, 4) is 0 Å². The summed E-state index contributed by atoms with van der Waals surface area (Å²) < 4.78 is 2.21. The smallest absolute Gasteiger partial charge is 0.105 e. The minimum atomic E-state index is 0.461. The van der Waals surface area contributed by atoms with Gasteiger partial charge in [0.25, 0.3) is 0 Å². The number of nitrogens with zero attached hydrogens (tertiary/aromatic N) is 2. The molecule has 1 heterocycles. The molecule has 0 aliphatic heterocycles. The van der Waals surface area contributed by atoms with Gasteiger partial charge in [0.15, 0.2) is 0 Å². The topological polar surface area (TPSA) is 29.9 Å². The Balaban J connectivity index is 1.80. The molecule has 0 radical (unpaired) electrons. The molecule has 1 aliphatic rings. The highest BCUT2D eigenvalue weighted by atomic mass is 15.1. The molecule has 1 atom stereocenters. The van der Waals surface area contributed by atoms with Crippen molar-refractivity contribution in [2.45, 2.75) is 59.0 Å². The van der Waals surface area contributed by atoms with E-state index < -0.39 is 0 Å². The van der Waals surface area contributed by atoms with E-state index in [0.717, 1.165) is 18.9 Å². The fourth-order valence-corrected chi connectivity index (χ4v) is 2.87. The number of nitrogens with one attached hydrogen (secondary N) is 1. The van der Waals surface area contributed by atoms with Gasteiger partial charge < -0.3 is 9.88 Å². The third-order valence-electron chi connectivity index (χ3n) is 4.17.